The van der Waals surface area contributed by atoms with E-state index in [1.165, 1.54) is 0 Å². The molecular formula is C24H31N3O4. The van der Waals surface area contributed by atoms with E-state index >= 15 is 0 Å². The number of piperidine rings is 2. The number of benzene rings is 1. The molecule has 2 N–H and O–H groups in total. The topological polar surface area (TPSA) is 82.1 Å². The standard InChI is InChI=1S/C24H31N3O4/c1-15-5-8-21(23(29)25-15)27-14-16-13-18(6-7-19(16)24(27)30)31-22-4-2-3-20(22)26-11-9-17(28)10-12-26/h6-7,13,17,20-22,28H,1-5,8-12,14H2,(H,25,29). The summed E-state index contributed by atoms with van der Waals surface area (Å²) in [6.07, 6.45) is 6.24. The van der Waals surface area contributed by atoms with Crippen LogP contribution in [0.5, 0.6) is 5.75 Å². The Morgan fingerprint density at radius 2 is 1.90 bits per heavy atom. The maximum atomic E-state index is 12.9. The first-order valence-electron chi connectivity index (χ1n) is 11.5. The SMILES string of the molecule is C=C1CCC(N2Cc3cc(OC4CCCC4N4CCC(O)CC4)ccc3C2=O)C(=O)N1. The Kier molecular flexibility index (Phi) is 5.48. The average Bonchev–Trinajstić information content (AvgIpc) is 3.33. The number of fused-ring (bicyclic) bond motifs is 1. The van der Waals surface area contributed by atoms with Crippen molar-refractivity contribution in [2.45, 2.75) is 75.8 Å². The molecule has 0 aromatic heterocycles. The summed E-state index contributed by atoms with van der Waals surface area (Å²) < 4.78 is 6.42. The number of amides is 2. The van der Waals surface area contributed by atoms with Gasteiger partial charge in [0, 0.05) is 36.9 Å². The lowest BCUT2D eigenvalue weighted by molar-refractivity contribution is -0.126. The lowest BCUT2D eigenvalue weighted by atomic mass is 10.0. The van der Waals surface area contributed by atoms with Crippen LogP contribution < -0.4 is 10.1 Å². The number of allylic oxidation sites excluding steroid dienone is 1. The van der Waals surface area contributed by atoms with Gasteiger partial charge < -0.3 is 20.1 Å². The molecule has 3 unspecified atom stereocenters. The van der Waals surface area contributed by atoms with E-state index in [2.05, 4.69) is 16.8 Å². The van der Waals surface area contributed by atoms with Gasteiger partial charge in [0.1, 0.15) is 17.9 Å². The quantitative estimate of drug-likeness (QED) is 0.773. The molecule has 3 aliphatic heterocycles. The van der Waals surface area contributed by atoms with Gasteiger partial charge in [-0.3, -0.25) is 14.5 Å². The third-order valence-corrected chi connectivity index (χ3v) is 7.28. The van der Waals surface area contributed by atoms with Gasteiger partial charge in [-0.05, 0) is 68.7 Å². The second-order valence-corrected chi connectivity index (χ2v) is 9.32. The molecule has 5 rings (SSSR count). The first-order chi connectivity index (χ1) is 15.0. The normalized spacial score (nSPS) is 29.9. The fraction of sp³-hybridized carbons (Fsp3) is 0.583. The van der Waals surface area contributed by atoms with Crippen LogP contribution in [0.25, 0.3) is 0 Å². The smallest absolute Gasteiger partial charge is 0.255 e. The van der Waals surface area contributed by atoms with Crippen molar-refractivity contribution in [3.8, 4) is 5.75 Å². The molecule has 2 saturated heterocycles. The summed E-state index contributed by atoms with van der Waals surface area (Å²) in [5, 5.41) is 12.6. The molecule has 166 valence electrons. The fourth-order valence-electron chi connectivity index (χ4n) is 5.56. The van der Waals surface area contributed by atoms with E-state index in [1.807, 2.05) is 18.2 Å². The van der Waals surface area contributed by atoms with Gasteiger partial charge in [-0.2, -0.15) is 0 Å². The maximum absolute atomic E-state index is 12.9. The molecule has 7 heteroatoms. The monoisotopic (exact) mass is 425 g/mol. The molecule has 3 fully saturated rings. The number of aliphatic hydroxyl groups excluding tert-OH is 1. The number of carbonyl (C=O) groups excluding carboxylic acids is 2. The van der Waals surface area contributed by atoms with E-state index in [4.69, 9.17) is 4.74 Å². The molecular weight excluding hydrogens is 394 g/mol. The van der Waals surface area contributed by atoms with Crippen LogP contribution in [0, 0.1) is 0 Å². The number of nitrogens with one attached hydrogen (secondary N) is 1. The van der Waals surface area contributed by atoms with Gasteiger partial charge in [0.15, 0.2) is 0 Å². The largest absolute Gasteiger partial charge is 0.489 e. The molecule has 0 bridgehead atoms. The minimum atomic E-state index is -0.441. The van der Waals surface area contributed by atoms with Crippen LogP contribution >= 0.6 is 0 Å². The zero-order valence-electron chi connectivity index (χ0n) is 17.9. The summed E-state index contributed by atoms with van der Waals surface area (Å²) in [4.78, 5) is 29.4. The number of aliphatic hydroxyl groups is 1. The van der Waals surface area contributed by atoms with Crippen LogP contribution in [0.3, 0.4) is 0 Å². The van der Waals surface area contributed by atoms with Crippen molar-refractivity contribution < 1.29 is 19.4 Å². The highest BCUT2D eigenvalue weighted by Crippen LogP contribution is 2.34. The van der Waals surface area contributed by atoms with Crippen molar-refractivity contribution in [3.05, 3.63) is 41.6 Å². The van der Waals surface area contributed by atoms with Crippen molar-refractivity contribution in [2.75, 3.05) is 13.1 Å². The Hall–Kier alpha value is -2.38. The van der Waals surface area contributed by atoms with E-state index < -0.39 is 6.04 Å². The highest BCUT2D eigenvalue weighted by Gasteiger charge is 2.39. The minimum Gasteiger partial charge on any atom is -0.489 e. The van der Waals surface area contributed by atoms with Crippen LogP contribution in [-0.2, 0) is 11.3 Å². The zero-order valence-corrected chi connectivity index (χ0v) is 17.9. The van der Waals surface area contributed by atoms with Crippen molar-refractivity contribution >= 4 is 11.8 Å². The van der Waals surface area contributed by atoms with Crippen LogP contribution in [0.4, 0.5) is 0 Å². The second-order valence-electron chi connectivity index (χ2n) is 9.32. The number of rotatable bonds is 4. The minimum absolute atomic E-state index is 0.0835. The van der Waals surface area contributed by atoms with E-state index in [0.29, 0.717) is 31.0 Å². The number of hydrogen-bond acceptors (Lipinski definition) is 5. The van der Waals surface area contributed by atoms with Gasteiger partial charge >= 0.3 is 0 Å². The predicted molar refractivity (Wildman–Crippen MR) is 115 cm³/mol. The lowest BCUT2D eigenvalue weighted by Crippen LogP contribution is -2.49. The lowest BCUT2D eigenvalue weighted by Gasteiger charge is -2.37. The Morgan fingerprint density at radius 1 is 1.10 bits per heavy atom. The fourth-order valence-corrected chi connectivity index (χ4v) is 5.56. The summed E-state index contributed by atoms with van der Waals surface area (Å²) in [7, 11) is 0. The van der Waals surface area contributed by atoms with Gasteiger partial charge in [0.25, 0.3) is 5.91 Å². The van der Waals surface area contributed by atoms with Crippen molar-refractivity contribution in [2.24, 2.45) is 0 Å². The molecule has 1 aromatic carbocycles. The van der Waals surface area contributed by atoms with E-state index in [9.17, 15) is 14.7 Å². The number of nitrogens with zero attached hydrogens (tertiary/aromatic N) is 2. The molecule has 7 nitrogen and oxygen atoms in total. The van der Waals surface area contributed by atoms with Gasteiger partial charge in [0.2, 0.25) is 5.91 Å². The summed E-state index contributed by atoms with van der Waals surface area (Å²) in [5.74, 6) is 0.568. The summed E-state index contributed by atoms with van der Waals surface area (Å²) in [6, 6.07) is 5.65. The molecule has 3 atom stereocenters. The highest BCUT2D eigenvalue weighted by atomic mass is 16.5. The van der Waals surface area contributed by atoms with Crippen LogP contribution in [-0.4, -0.2) is 64.1 Å². The molecule has 2 amide bonds. The van der Waals surface area contributed by atoms with Gasteiger partial charge in [0.05, 0.1) is 6.10 Å². The molecule has 0 radical (unpaired) electrons. The number of carbonyl (C=O) groups is 2. The van der Waals surface area contributed by atoms with Crippen molar-refractivity contribution in [1.29, 1.82) is 0 Å². The van der Waals surface area contributed by atoms with E-state index in [0.717, 1.165) is 62.2 Å². The van der Waals surface area contributed by atoms with Crippen LogP contribution in [0.15, 0.2) is 30.5 Å². The molecule has 4 aliphatic rings. The van der Waals surface area contributed by atoms with Gasteiger partial charge in [-0.1, -0.05) is 6.58 Å². The first-order valence-corrected chi connectivity index (χ1v) is 11.5. The first kappa shape index (κ1) is 20.5. The number of likely N-dealkylation sites (tertiary alicyclic amines) is 1. The highest BCUT2D eigenvalue weighted by molar-refractivity contribution is 6.01. The summed E-state index contributed by atoms with van der Waals surface area (Å²) >= 11 is 0. The molecule has 31 heavy (non-hydrogen) atoms. The third kappa shape index (κ3) is 3.96. The molecule has 1 aliphatic carbocycles. The van der Waals surface area contributed by atoms with Crippen LogP contribution in [0.2, 0.25) is 0 Å². The third-order valence-electron chi connectivity index (χ3n) is 7.28. The second kappa shape index (κ2) is 8.28. The molecule has 3 heterocycles. The number of hydrogen-bond donors (Lipinski definition) is 2. The van der Waals surface area contributed by atoms with E-state index in [-0.39, 0.29) is 24.0 Å². The summed E-state index contributed by atoms with van der Waals surface area (Å²) in [6.45, 7) is 6.11. The molecule has 1 saturated carbocycles. The Morgan fingerprint density at radius 3 is 2.68 bits per heavy atom. The molecule has 1 aromatic rings. The maximum Gasteiger partial charge on any atom is 0.255 e. The average molecular weight is 426 g/mol. The van der Waals surface area contributed by atoms with Crippen molar-refractivity contribution in [3.63, 3.8) is 0 Å². The molecule has 0 spiro atoms. The Bertz CT molecular complexity index is 893. The van der Waals surface area contributed by atoms with Crippen molar-refractivity contribution in [1.82, 2.24) is 15.1 Å². The van der Waals surface area contributed by atoms with Gasteiger partial charge in [-0.15, -0.1) is 0 Å². The Labute approximate surface area is 183 Å². The van der Waals surface area contributed by atoms with Gasteiger partial charge in [-0.25, -0.2) is 0 Å². The predicted octanol–water partition coefficient (Wildman–Crippen LogP) is 2.19. The summed E-state index contributed by atoms with van der Waals surface area (Å²) in [5.41, 5.74) is 2.31. The van der Waals surface area contributed by atoms with E-state index in [1.54, 1.807) is 4.90 Å². The zero-order chi connectivity index (χ0) is 21.5. The Balaban J connectivity index is 1.27. The number of ether oxygens (including phenoxy) is 1. The van der Waals surface area contributed by atoms with Crippen LogP contribution in [0.1, 0.15) is 60.9 Å².